The van der Waals surface area contributed by atoms with E-state index in [2.05, 4.69) is 33.5 Å². The van der Waals surface area contributed by atoms with Crippen molar-refractivity contribution in [2.24, 2.45) is 11.8 Å². The predicted octanol–water partition coefficient (Wildman–Crippen LogP) is 3.31. The second kappa shape index (κ2) is 6.26. The smallest absolute Gasteiger partial charge is 0.335 e. The van der Waals surface area contributed by atoms with Gasteiger partial charge in [-0.25, -0.2) is 9.59 Å². The fraction of sp³-hybridized carbons (Fsp3) is 0.429. The van der Waals surface area contributed by atoms with Gasteiger partial charge < -0.3 is 15.7 Å². The average molecular weight is 341 g/mol. The van der Waals surface area contributed by atoms with Gasteiger partial charge in [-0.2, -0.15) is 0 Å². The SMILES string of the molecule is CC(CNC(=O)Nc1ccc(C(=O)O)cc1Br)C1CC1. The van der Waals surface area contributed by atoms with E-state index >= 15 is 0 Å². The first kappa shape index (κ1) is 14.8. The highest BCUT2D eigenvalue weighted by molar-refractivity contribution is 9.10. The number of halogens is 1. The van der Waals surface area contributed by atoms with E-state index in [1.807, 2.05) is 0 Å². The highest BCUT2D eigenvalue weighted by Crippen LogP contribution is 2.36. The molecular weight excluding hydrogens is 324 g/mol. The number of nitrogens with one attached hydrogen (secondary N) is 2. The van der Waals surface area contributed by atoms with Crippen molar-refractivity contribution in [3.8, 4) is 0 Å². The number of benzene rings is 1. The molecule has 6 heteroatoms. The molecule has 2 rings (SSSR count). The number of aromatic carboxylic acids is 1. The fourth-order valence-electron chi connectivity index (χ4n) is 2.00. The predicted molar refractivity (Wildman–Crippen MR) is 80.0 cm³/mol. The van der Waals surface area contributed by atoms with E-state index in [1.54, 1.807) is 6.07 Å². The van der Waals surface area contributed by atoms with Crippen LogP contribution >= 0.6 is 15.9 Å². The molecule has 1 saturated carbocycles. The van der Waals surface area contributed by atoms with Gasteiger partial charge >= 0.3 is 12.0 Å². The fourth-order valence-corrected chi connectivity index (χ4v) is 2.48. The average Bonchev–Trinajstić information content (AvgIpc) is 3.22. The number of carboxylic acid groups (broad SMARTS) is 1. The van der Waals surface area contributed by atoms with Gasteiger partial charge in [-0.3, -0.25) is 0 Å². The lowest BCUT2D eigenvalue weighted by Gasteiger charge is -2.13. The van der Waals surface area contributed by atoms with E-state index in [-0.39, 0.29) is 11.6 Å². The quantitative estimate of drug-likeness (QED) is 0.769. The molecule has 1 aromatic carbocycles. The Hall–Kier alpha value is -1.56. The molecule has 0 saturated heterocycles. The van der Waals surface area contributed by atoms with E-state index in [4.69, 9.17) is 5.11 Å². The molecule has 1 unspecified atom stereocenters. The van der Waals surface area contributed by atoms with E-state index in [0.717, 1.165) is 5.92 Å². The number of rotatable bonds is 5. The van der Waals surface area contributed by atoms with Crippen LogP contribution in [0.1, 0.15) is 30.1 Å². The maximum atomic E-state index is 11.8. The monoisotopic (exact) mass is 340 g/mol. The van der Waals surface area contributed by atoms with Crippen LogP contribution in [0.15, 0.2) is 22.7 Å². The molecular formula is C14H17BrN2O3. The van der Waals surface area contributed by atoms with Gasteiger partial charge in [0.25, 0.3) is 0 Å². The molecule has 1 atom stereocenters. The maximum absolute atomic E-state index is 11.8. The molecule has 1 aliphatic carbocycles. The van der Waals surface area contributed by atoms with Crippen LogP contribution in [0.5, 0.6) is 0 Å². The van der Waals surface area contributed by atoms with Gasteiger partial charge in [0.1, 0.15) is 0 Å². The number of hydrogen-bond acceptors (Lipinski definition) is 2. The Morgan fingerprint density at radius 3 is 2.70 bits per heavy atom. The van der Waals surface area contributed by atoms with Crippen molar-refractivity contribution in [1.82, 2.24) is 5.32 Å². The number of urea groups is 1. The Kier molecular flexibility index (Phi) is 4.65. The highest BCUT2D eigenvalue weighted by atomic mass is 79.9. The molecule has 0 radical (unpaired) electrons. The van der Waals surface area contributed by atoms with Crippen LogP contribution in [-0.4, -0.2) is 23.7 Å². The van der Waals surface area contributed by atoms with Gasteiger partial charge in [0.2, 0.25) is 0 Å². The topological polar surface area (TPSA) is 78.4 Å². The van der Waals surface area contributed by atoms with Gasteiger partial charge in [-0.05, 0) is 58.8 Å². The summed E-state index contributed by atoms with van der Waals surface area (Å²) in [4.78, 5) is 22.6. The third kappa shape index (κ3) is 3.96. The van der Waals surface area contributed by atoms with Crippen LogP contribution in [0, 0.1) is 11.8 Å². The van der Waals surface area contributed by atoms with Crippen molar-refractivity contribution in [2.45, 2.75) is 19.8 Å². The second-order valence-electron chi connectivity index (χ2n) is 5.15. The van der Waals surface area contributed by atoms with Gasteiger partial charge in [0, 0.05) is 11.0 Å². The van der Waals surface area contributed by atoms with Crippen LogP contribution in [0.25, 0.3) is 0 Å². The van der Waals surface area contributed by atoms with Crippen LogP contribution in [-0.2, 0) is 0 Å². The number of carbonyl (C=O) groups is 2. The summed E-state index contributed by atoms with van der Waals surface area (Å²) in [5, 5.41) is 14.4. The van der Waals surface area contributed by atoms with Crippen molar-refractivity contribution in [3.63, 3.8) is 0 Å². The lowest BCUT2D eigenvalue weighted by atomic mass is 10.1. The molecule has 1 aromatic rings. The Balaban J connectivity index is 1.88. The van der Waals surface area contributed by atoms with Crippen molar-refractivity contribution < 1.29 is 14.7 Å². The van der Waals surface area contributed by atoms with Crippen molar-refractivity contribution in [2.75, 3.05) is 11.9 Å². The molecule has 5 nitrogen and oxygen atoms in total. The molecule has 1 aliphatic rings. The number of anilines is 1. The van der Waals surface area contributed by atoms with E-state index in [0.29, 0.717) is 22.6 Å². The van der Waals surface area contributed by atoms with Crippen LogP contribution in [0.2, 0.25) is 0 Å². The Bertz CT molecular complexity index is 529. The zero-order chi connectivity index (χ0) is 14.7. The van der Waals surface area contributed by atoms with Crippen molar-refractivity contribution in [3.05, 3.63) is 28.2 Å². The van der Waals surface area contributed by atoms with E-state index < -0.39 is 5.97 Å². The molecule has 2 amide bonds. The zero-order valence-corrected chi connectivity index (χ0v) is 12.7. The minimum Gasteiger partial charge on any atom is -0.478 e. The second-order valence-corrected chi connectivity index (χ2v) is 6.00. The standard InChI is InChI=1S/C14H17BrN2O3/c1-8(9-2-3-9)7-16-14(20)17-12-5-4-10(13(18)19)6-11(12)15/h4-6,8-9H,2-3,7H2,1H3,(H,18,19)(H2,16,17,20). The summed E-state index contributed by atoms with van der Waals surface area (Å²) in [6.07, 6.45) is 2.51. The molecule has 0 aliphatic heterocycles. The molecule has 0 aromatic heterocycles. The van der Waals surface area contributed by atoms with Gasteiger partial charge in [-0.15, -0.1) is 0 Å². The summed E-state index contributed by atoms with van der Waals surface area (Å²) in [5.74, 6) is 0.246. The summed E-state index contributed by atoms with van der Waals surface area (Å²) in [6.45, 7) is 2.79. The zero-order valence-electron chi connectivity index (χ0n) is 11.1. The third-order valence-corrected chi connectivity index (χ3v) is 4.13. The molecule has 0 heterocycles. The first-order chi connectivity index (χ1) is 9.47. The number of carboxylic acids is 1. The van der Waals surface area contributed by atoms with Crippen molar-refractivity contribution in [1.29, 1.82) is 0 Å². The maximum Gasteiger partial charge on any atom is 0.335 e. The van der Waals surface area contributed by atoms with Gasteiger partial charge in [0.15, 0.2) is 0 Å². The largest absolute Gasteiger partial charge is 0.478 e. The van der Waals surface area contributed by atoms with E-state index in [1.165, 1.54) is 25.0 Å². The van der Waals surface area contributed by atoms with Gasteiger partial charge in [0.05, 0.1) is 11.3 Å². The van der Waals surface area contributed by atoms with Crippen LogP contribution < -0.4 is 10.6 Å². The lowest BCUT2D eigenvalue weighted by molar-refractivity contribution is 0.0697. The molecule has 3 N–H and O–H groups in total. The normalized spacial score (nSPS) is 15.5. The summed E-state index contributed by atoms with van der Waals surface area (Å²) in [7, 11) is 0. The summed E-state index contributed by atoms with van der Waals surface area (Å²) in [5.41, 5.74) is 0.719. The molecule has 0 bridgehead atoms. The third-order valence-electron chi connectivity index (χ3n) is 3.48. The van der Waals surface area contributed by atoms with Crippen molar-refractivity contribution >= 4 is 33.6 Å². The first-order valence-corrected chi connectivity index (χ1v) is 7.34. The molecule has 0 spiro atoms. The number of amides is 2. The lowest BCUT2D eigenvalue weighted by Crippen LogP contribution is -2.33. The van der Waals surface area contributed by atoms with Gasteiger partial charge in [-0.1, -0.05) is 6.92 Å². The first-order valence-electron chi connectivity index (χ1n) is 6.55. The minimum atomic E-state index is -1.00. The summed E-state index contributed by atoms with van der Waals surface area (Å²) in [6, 6.07) is 4.21. The summed E-state index contributed by atoms with van der Waals surface area (Å²) < 4.78 is 0.544. The number of hydrogen-bond donors (Lipinski definition) is 3. The molecule has 108 valence electrons. The summed E-state index contributed by atoms with van der Waals surface area (Å²) >= 11 is 3.25. The highest BCUT2D eigenvalue weighted by Gasteiger charge is 2.27. The number of carbonyl (C=O) groups excluding carboxylic acids is 1. The molecule has 1 fully saturated rings. The minimum absolute atomic E-state index is 0.171. The van der Waals surface area contributed by atoms with Crippen LogP contribution in [0.4, 0.5) is 10.5 Å². The molecule has 20 heavy (non-hydrogen) atoms. The Labute approximate surface area is 125 Å². The van der Waals surface area contributed by atoms with Crippen LogP contribution in [0.3, 0.4) is 0 Å². The van der Waals surface area contributed by atoms with E-state index in [9.17, 15) is 9.59 Å². The Morgan fingerprint density at radius 1 is 1.45 bits per heavy atom. The Morgan fingerprint density at radius 2 is 2.15 bits per heavy atom.